The van der Waals surface area contributed by atoms with E-state index in [9.17, 15) is 0 Å². The largest absolute Gasteiger partial charge is 0.405 e. The van der Waals surface area contributed by atoms with Crippen molar-refractivity contribution >= 4 is 9.20 Å². The Hall–Kier alpha value is 0.137. The smallest absolute Gasteiger partial charge is 0.265 e. The molecule has 1 aliphatic rings. The highest BCUT2D eigenvalue weighted by molar-refractivity contribution is 6.47. The zero-order chi connectivity index (χ0) is 5.11. The summed E-state index contributed by atoms with van der Waals surface area (Å²) in [5.41, 5.74) is 0. The molecule has 0 aromatic rings. The van der Waals surface area contributed by atoms with Crippen LogP contribution in [0.4, 0.5) is 0 Å². The molecule has 7 heavy (non-hydrogen) atoms. The number of rotatable bonds is 0. The summed E-state index contributed by atoms with van der Waals surface area (Å²) in [6, 6.07) is 1.07. The van der Waals surface area contributed by atoms with Gasteiger partial charge in [0.2, 0.25) is 0 Å². The molecule has 0 aliphatic carbocycles. The van der Waals surface area contributed by atoms with Crippen molar-refractivity contribution in [3.8, 4) is 0 Å². The lowest BCUT2D eigenvalue weighted by molar-refractivity contribution is 0.286. The molecule has 41 valence electrons. The molecule has 0 amide bonds. The fourth-order valence-corrected chi connectivity index (χ4v) is 2.02. The second-order valence-corrected chi connectivity index (χ2v) is 3.74. The van der Waals surface area contributed by atoms with Crippen molar-refractivity contribution in [2.24, 2.45) is 0 Å². The first-order valence-electron chi connectivity index (χ1n) is 2.72. The van der Waals surface area contributed by atoms with E-state index in [0.717, 1.165) is 12.7 Å². The van der Waals surface area contributed by atoms with E-state index in [-0.39, 0.29) is 0 Å². The second kappa shape index (κ2) is 2.45. The monoisotopic (exact) mass is 116 g/mol. The lowest BCUT2D eigenvalue weighted by Gasteiger charge is -2.14. The first-order valence-corrected chi connectivity index (χ1v) is 4.59. The maximum absolute atomic E-state index is 7.19. The molecule has 1 aliphatic heterocycles. The minimum atomic E-state index is -1.34. The lowest BCUT2D eigenvalue weighted by atomic mass is 10.4. The van der Waals surface area contributed by atoms with E-state index in [2.05, 4.69) is 0 Å². The van der Waals surface area contributed by atoms with Crippen LogP contribution in [0.2, 0.25) is 6.04 Å². The average Bonchev–Trinajstić information content (AvgIpc) is 1.69. The van der Waals surface area contributed by atoms with Gasteiger partial charge in [0.25, 0.3) is 9.20 Å². The van der Waals surface area contributed by atoms with Crippen LogP contribution >= 0.6 is 0 Å². The van der Waals surface area contributed by atoms with Gasteiger partial charge in [0.15, 0.2) is 0 Å². The van der Waals surface area contributed by atoms with Crippen LogP contribution in [-0.2, 0) is 4.43 Å². The highest BCUT2D eigenvalue weighted by Gasteiger charge is 2.10. The van der Waals surface area contributed by atoms with Gasteiger partial charge in [-0.25, -0.2) is 0 Å². The molecule has 0 saturated carbocycles. The maximum Gasteiger partial charge on any atom is 0.265 e. The van der Waals surface area contributed by atoms with E-state index in [1.807, 2.05) is 0 Å². The summed E-state index contributed by atoms with van der Waals surface area (Å²) in [7, 11) is -1.34. The van der Waals surface area contributed by atoms with Gasteiger partial charge in [-0.05, 0) is 12.5 Å². The van der Waals surface area contributed by atoms with Crippen LogP contribution < -0.4 is 5.40 Å². The third-order valence-electron chi connectivity index (χ3n) is 1.18. The predicted octanol–water partition coefficient (Wildman–Crippen LogP) is 0.300. The second-order valence-electron chi connectivity index (χ2n) is 1.86. The molecule has 1 N–H and O–H groups in total. The normalized spacial score (nSPS) is 33.0. The number of nitrogens with one attached hydrogen (secondary N) is 1. The Bertz CT molecular complexity index is 53.7. The van der Waals surface area contributed by atoms with Gasteiger partial charge >= 0.3 is 0 Å². The Morgan fingerprint density at radius 2 is 2.29 bits per heavy atom. The van der Waals surface area contributed by atoms with Gasteiger partial charge in [0.05, 0.1) is 0 Å². The Kier molecular flexibility index (Phi) is 1.84. The molecule has 1 atom stereocenters. The standard InChI is InChI=1S/C4H10NOSi/c5-7-4-2-1-3-6-7/h5,7H,1-4H2. The molecule has 0 aromatic carbocycles. The fourth-order valence-electron chi connectivity index (χ4n) is 0.741. The summed E-state index contributed by atoms with van der Waals surface area (Å²) in [5, 5.41) is 7.19. The van der Waals surface area contributed by atoms with Crippen LogP contribution in [0.3, 0.4) is 0 Å². The van der Waals surface area contributed by atoms with Crippen LogP contribution in [-0.4, -0.2) is 15.8 Å². The van der Waals surface area contributed by atoms with Crippen molar-refractivity contribution in [2.75, 3.05) is 6.61 Å². The first kappa shape index (κ1) is 5.28. The molecule has 3 heteroatoms. The SMILES string of the molecule is [NH][SiH]1CCCCO1. The summed E-state index contributed by atoms with van der Waals surface area (Å²) >= 11 is 0. The van der Waals surface area contributed by atoms with Crippen LogP contribution in [0, 0.1) is 0 Å². The number of hydrogen-bond donors (Lipinski definition) is 0. The molecule has 1 radical (unpaired) electrons. The van der Waals surface area contributed by atoms with Crippen molar-refractivity contribution in [1.29, 1.82) is 0 Å². The van der Waals surface area contributed by atoms with Crippen molar-refractivity contribution in [3.05, 3.63) is 0 Å². The molecule has 0 spiro atoms. The summed E-state index contributed by atoms with van der Waals surface area (Å²) in [6.45, 7) is 0.861. The average molecular weight is 116 g/mol. The molecule has 0 bridgehead atoms. The van der Waals surface area contributed by atoms with Crippen LogP contribution in [0.15, 0.2) is 0 Å². The topological polar surface area (TPSA) is 33.0 Å². The van der Waals surface area contributed by atoms with Crippen molar-refractivity contribution in [1.82, 2.24) is 5.40 Å². The van der Waals surface area contributed by atoms with Gasteiger partial charge in [0.1, 0.15) is 0 Å². The molecule has 1 rings (SSSR count). The maximum atomic E-state index is 7.19. The fraction of sp³-hybridized carbons (Fsp3) is 1.00. The van der Waals surface area contributed by atoms with Crippen molar-refractivity contribution in [3.63, 3.8) is 0 Å². The van der Waals surface area contributed by atoms with E-state index >= 15 is 0 Å². The summed E-state index contributed by atoms with van der Waals surface area (Å²) in [4.78, 5) is 0. The van der Waals surface area contributed by atoms with E-state index < -0.39 is 9.20 Å². The molecule has 1 unspecified atom stereocenters. The summed E-state index contributed by atoms with van der Waals surface area (Å²) in [5.74, 6) is 0. The van der Waals surface area contributed by atoms with E-state index in [0.29, 0.717) is 0 Å². The highest BCUT2D eigenvalue weighted by atomic mass is 28.3. The first-order chi connectivity index (χ1) is 3.39. The molecule has 1 heterocycles. The van der Waals surface area contributed by atoms with E-state index in [1.165, 1.54) is 12.8 Å². The molecular weight excluding hydrogens is 106 g/mol. The van der Waals surface area contributed by atoms with Gasteiger partial charge < -0.3 is 4.43 Å². The van der Waals surface area contributed by atoms with Gasteiger partial charge in [-0.15, -0.1) is 0 Å². The minimum Gasteiger partial charge on any atom is -0.405 e. The molecule has 2 nitrogen and oxygen atoms in total. The van der Waals surface area contributed by atoms with E-state index in [1.54, 1.807) is 0 Å². The van der Waals surface area contributed by atoms with Crippen LogP contribution in [0.1, 0.15) is 12.8 Å². The molecule has 0 aromatic heterocycles. The third kappa shape index (κ3) is 1.59. The number of hydrogen-bond acceptors (Lipinski definition) is 1. The van der Waals surface area contributed by atoms with Gasteiger partial charge in [-0.3, -0.25) is 5.40 Å². The van der Waals surface area contributed by atoms with Gasteiger partial charge in [-0.1, -0.05) is 6.42 Å². The van der Waals surface area contributed by atoms with Crippen molar-refractivity contribution in [2.45, 2.75) is 18.9 Å². The quantitative estimate of drug-likeness (QED) is 0.419. The highest BCUT2D eigenvalue weighted by Crippen LogP contribution is 2.06. The third-order valence-corrected chi connectivity index (χ3v) is 2.75. The zero-order valence-corrected chi connectivity index (χ0v) is 5.47. The van der Waals surface area contributed by atoms with Gasteiger partial charge in [0, 0.05) is 6.61 Å². The summed E-state index contributed by atoms with van der Waals surface area (Å²) < 4.78 is 5.08. The molecule has 1 saturated heterocycles. The minimum absolute atomic E-state index is 0.861. The predicted molar refractivity (Wildman–Crippen MR) is 30.2 cm³/mol. The zero-order valence-electron chi connectivity index (χ0n) is 4.31. The van der Waals surface area contributed by atoms with Crippen LogP contribution in [0.5, 0.6) is 0 Å². The Morgan fingerprint density at radius 3 is 2.57 bits per heavy atom. The lowest BCUT2D eigenvalue weighted by Crippen LogP contribution is -2.24. The Morgan fingerprint density at radius 1 is 1.43 bits per heavy atom. The van der Waals surface area contributed by atoms with E-state index in [4.69, 9.17) is 9.83 Å². The van der Waals surface area contributed by atoms with Crippen molar-refractivity contribution < 1.29 is 4.43 Å². The van der Waals surface area contributed by atoms with Gasteiger partial charge in [-0.2, -0.15) is 0 Å². The van der Waals surface area contributed by atoms with Crippen LogP contribution in [0.25, 0.3) is 0 Å². The summed E-state index contributed by atoms with van der Waals surface area (Å²) in [6.07, 6.45) is 2.42. The molecule has 1 fully saturated rings. The Labute approximate surface area is 45.5 Å². The molecular formula is C4H10NOSi. The Balaban J connectivity index is 2.12.